The molecule has 0 aromatic rings. The largest absolute Gasteiger partial charge is 0.351 e. The van der Waals surface area contributed by atoms with Crippen LogP contribution < -0.4 is 5.32 Å². The second-order valence-corrected chi connectivity index (χ2v) is 7.86. The van der Waals surface area contributed by atoms with E-state index in [1.165, 1.54) is 0 Å². The minimum absolute atomic E-state index is 0.177. The highest BCUT2D eigenvalue weighted by Gasteiger charge is 2.46. The van der Waals surface area contributed by atoms with Crippen molar-refractivity contribution in [3.05, 3.63) is 12.7 Å². The Balaban J connectivity index is 2.95. The van der Waals surface area contributed by atoms with Crippen LogP contribution >= 0.6 is 0 Å². The minimum atomic E-state index is -0.297. The summed E-state index contributed by atoms with van der Waals surface area (Å²) in [6, 6.07) is 0. The maximum Gasteiger partial charge on any atom is 0.226 e. The molecule has 0 heterocycles. The van der Waals surface area contributed by atoms with Gasteiger partial charge in [-0.25, -0.2) is 0 Å². The van der Waals surface area contributed by atoms with Crippen molar-refractivity contribution >= 4 is 5.91 Å². The molecular formula is C17H32N2O. The molecule has 1 rings (SSSR count). The molecule has 0 spiro atoms. The van der Waals surface area contributed by atoms with Crippen LogP contribution in [-0.2, 0) is 4.79 Å². The van der Waals surface area contributed by atoms with Gasteiger partial charge in [0.1, 0.15) is 0 Å². The van der Waals surface area contributed by atoms with E-state index < -0.39 is 0 Å². The molecule has 0 radical (unpaired) electrons. The van der Waals surface area contributed by atoms with Crippen LogP contribution in [0.2, 0.25) is 0 Å². The molecular weight excluding hydrogens is 248 g/mol. The normalized spacial score (nSPS) is 31.1. The van der Waals surface area contributed by atoms with Crippen molar-refractivity contribution in [1.82, 2.24) is 10.2 Å². The van der Waals surface area contributed by atoms with Crippen molar-refractivity contribution in [3.8, 4) is 0 Å². The number of carbonyl (C=O) groups is 1. The van der Waals surface area contributed by atoms with Gasteiger partial charge in [-0.1, -0.05) is 13.0 Å². The van der Waals surface area contributed by atoms with Gasteiger partial charge in [0.05, 0.1) is 5.41 Å². The van der Waals surface area contributed by atoms with Gasteiger partial charge in [-0.05, 0) is 66.0 Å². The molecule has 1 aliphatic carbocycles. The summed E-state index contributed by atoms with van der Waals surface area (Å²) < 4.78 is 0. The monoisotopic (exact) mass is 280 g/mol. The summed E-state index contributed by atoms with van der Waals surface area (Å²) in [5.74, 6) is 1.07. The standard InChI is InChI=1S/C17H32N2O/c1-8-13-9-10-14(12-19(6)7)17(5,11-13)15(20)18-16(2,3)4/h8,13-14H,1,9-12H2,2-7H3,(H,18,20)/t13-,14+,17-/m1/s1. The van der Waals surface area contributed by atoms with Crippen LogP contribution in [0.15, 0.2) is 12.7 Å². The number of hydrogen-bond donors (Lipinski definition) is 1. The summed E-state index contributed by atoms with van der Waals surface area (Å²) >= 11 is 0. The third-order valence-electron chi connectivity index (χ3n) is 4.40. The number of amides is 1. The van der Waals surface area contributed by atoms with Crippen LogP contribution in [0, 0.1) is 17.3 Å². The molecule has 0 unspecified atom stereocenters. The Kier molecular flexibility index (Phi) is 5.42. The highest BCUT2D eigenvalue weighted by atomic mass is 16.2. The second kappa shape index (κ2) is 6.30. The molecule has 1 aliphatic rings. The molecule has 1 fully saturated rings. The highest BCUT2D eigenvalue weighted by Crippen LogP contribution is 2.44. The van der Waals surface area contributed by atoms with Gasteiger partial charge in [0.2, 0.25) is 5.91 Å². The lowest BCUT2D eigenvalue weighted by Gasteiger charge is -2.45. The fourth-order valence-electron chi connectivity index (χ4n) is 3.24. The van der Waals surface area contributed by atoms with E-state index in [-0.39, 0.29) is 16.9 Å². The van der Waals surface area contributed by atoms with Crippen LogP contribution in [0.5, 0.6) is 0 Å². The molecule has 1 amide bonds. The maximum atomic E-state index is 12.8. The van der Waals surface area contributed by atoms with Gasteiger partial charge in [-0.2, -0.15) is 0 Å². The van der Waals surface area contributed by atoms with E-state index in [1.807, 2.05) is 26.8 Å². The molecule has 1 saturated carbocycles. The Bertz CT molecular complexity index is 356. The SMILES string of the molecule is C=C[C@@H]1CC[C@@H](CN(C)C)[C@](C)(C(=O)NC(C)(C)C)C1. The van der Waals surface area contributed by atoms with Crippen molar-refractivity contribution in [2.45, 2.75) is 52.5 Å². The Hall–Kier alpha value is -0.830. The molecule has 1 N–H and O–H groups in total. The summed E-state index contributed by atoms with van der Waals surface area (Å²) in [6.45, 7) is 13.2. The molecule has 0 aromatic carbocycles. The van der Waals surface area contributed by atoms with Crippen LogP contribution in [0.25, 0.3) is 0 Å². The molecule has 0 aliphatic heterocycles. The fourth-order valence-corrected chi connectivity index (χ4v) is 3.24. The molecule has 3 heteroatoms. The van der Waals surface area contributed by atoms with Gasteiger partial charge < -0.3 is 10.2 Å². The first-order chi connectivity index (χ1) is 9.08. The van der Waals surface area contributed by atoms with E-state index in [1.54, 1.807) is 0 Å². The molecule has 0 aromatic heterocycles. The Morgan fingerprint density at radius 3 is 2.45 bits per heavy atom. The number of rotatable bonds is 4. The maximum absolute atomic E-state index is 12.8. The number of carbonyl (C=O) groups excluding carboxylic acids is 1. The lowest BCUT2D eigenvalue weighted by atomic mass is 9.63. The lowest BCUT2D eigenvalue weighted by molar-refractivity contribution is -0.138. The summed E-state index contributed by atoms with van der Waals surface area (Å²) in [5, 5.41) is 3.19. The Morgan fingerprint density at radius 1 is 1.40 bits per heavy atom. The van der Waals surface area contributed by atoms with Gasteiger partial charge in [0.15, 0.2) is 0 Å². The molecule has 0 bridgehead atoms. The van der Waals surface area contributed by atoms with Crippen molar-refractivity contribution in [2.24, 2.45) is 17.3 Å². The minimum Gasteiger partial charge on any atom is -0.351 e. The quantitative estimate of drug-likeness (QED) is 0.803. The average molecular weight is 280 g/mol. The number of nitrogens with zero attached hydrogens (tertiary/aromatic N) is 1. The average Bonchev–Trinajstić information content (AvgIpc) is 2.29. The van der Waals surface area contributed by atoms with E-state index in [2.05, 4.69) is 37.8 Å². The molecule has 0 saturated heterocycles. The van der Waals surface area contributed by atoms with Gasteiger partial charge in [0, 0.05) is 12.1 Å². The first-order valence-electron chi connectivity index (χ1n) is 7.68. The topological polar surface area (TPSA) is 32.3 Å². The molecule has 20 heavy (non-hydrogen) atoms. The number of hydrogen-bond acceptors (Lipinski definition) is 2. The van der Waals surface area contributed by atoms with Gasteiger partial charge in [0.25, 0.3) is 0 Å². The van der Waals surface area contributed by atoms with Crippen molar-refractivity contribution in [3.63, 3.8) is 0 Å². The van der Waals surface area contributed by atoms with Crippen molar-refractivity contribution < 1.29 is 4.79 Å². The first-order valence-corrected chi connectivity index (χ1v) is 7.68. The zero-order valence-electron chi connectivity index (χ0n) is 14.1. The third-order valence-corrected chi connectivity index (χ3v) is 4.40. The van der Waals surface area contributed by atoms with Gasteiger partial charge in [-0.3, -0.25) is 4.79 Å². The van der Waals surface area contributed by atoms with Crippen LogP contribution in [0.3, 0.4) is 0 Å². The first kappa shape index (κ1) is 17.2. The van der Waals surface area contributed by atoms with Gasteiger partial charge in [-0.15, -0.1) is 6.58 Å². The summed E-state index contributed by atoms with van der Waals surface area (Å²) in [6.07, 6.45) is 5.19. The third kappa shape index (κ3) is 4.34. The van der Waals surface area contributed by atoms with E-state index in [4.69, 9.17) is 0 Å². The highest BCUT2D eigenvalue weighted by molar-refractivity contribution is 5.83. The van der Waals surface area contributed by atoms with E-state index in [0.29, 0.717) is 11.8 Å². The van der Waals surface area contributed by atoms with E-state index >= 15 is 0 Å². The van der Waals surface area contributed by atoms with E-state index in [9.17, 15) is 4.79 Å². The van der Waals surface area contributed by atoms with Gasteiger partial charge >= 0.3 is 0 Å². The Morgan fingerprint density at radius 2 is 2.00 bits per heavy atom. The predicted molar refractivity (Wildman–Crippen MR) is 85.6 cm³/mol. The smallest absolute Gasteiger partial charge is 0.226 e. The fraction of sp³-hybridized carbons (Fsp3) is 0.824. The number of nitrogens with one attached hydrogen (secondary N) is 1. The second-order valence-electron chi connectivity index (χ2n) is 7.86. The zero-order valence-corrected chi connectivity index (χ0v) is 14.1. The van der Waals surface area contributed by atoms with Crippen LogP contribution in [-0.4, -0.2) is 37.0 Å². The Labute approximate surface area is 124 Å². The summed E-state index contributed by atoms with van der Waals surface area (Å²) in [7, 11) is 4.17. The van der Waals surface area contributed by atoms with Crippen LogP contribution in [0.1, 0.15) is 47.0 Å². The predicted octanol–water partition coefficient (Wildman–Crippen LogP) is 3.07. The molecule has 3 atom stereocenters. The van der Waals surface area contributed by atoms with Crippen LogP contribution in [0.4, 0.5) is 0 Å². The van der Waals surface area contributed by atoms with E-state index in [0.717, 1.165) is 25.8 Å². The summed E-state index contributed by atoms with van der Waals surface area (Å²) in [5.41, 5.74) is -0.474. The van der Waals surface area contributed by atoms with Crippen molar-refractivity contribution in [1.29, 1.82) is 0 Å². The molecule has 116 valence electrons. The molecule has 3 nitrogen and oxygen atoms in total. The number of allylic oxidation sites excluding steroid dienone is 1. The zero-order chi connectivity index (χ0) is 15.6. The van der Waals surface area contributed by atoms with Crippen molar-refractivity contribution in [2.75, 3.05) is 20.6 Å². The summed E-state index contributed by atoms with van der Waals surface area (Å²) in [4.78, 5) is 15.0. The lowest BCUT2D eigenvalue weighted by Crippen LogP contribution is -2.54.